The minimum absolute atomic E-state index is 0.102. The number of carboxylic acid groups (broad SMARTS) is 1. The second-order valence-corrected chi connectivity index (χ2v) is 3.38. The average molecular weight is 235 g/mol. The zero-order valence-corrected chi connectivity index (χ0v) is 8.89. The molecule has 0 aliphatic rings. The Labute approximate surface area is 91.8 Å². The van der Waals surface area contributed by atoms with Crippen molar-refractivity contribution in [3.63, 3.8) is 0 Å². The number of nitrogens with one attached hydrogen (secondary N) is 2. The minimum atomic E-state index is -2.34. The molecule has 0 rings (SSSR count). The van der Waals surface area contributed by atoms with Gasteiger partial charge in [0.15, 0.2) is 11.4 Å². The summed E-state index contributed by atoms with van der Waals surface area (Å²) in [6, 6.07) is 0. The normalized spacial score (nSPS) is 16.2. The molecule has 0 spiro atoms. The van der Waals surface area contributed by atoms with Crippen molar-refractivity contribution in [2.75, 3.05) is 13.1 Å². The van der Waals surface area contributed by atoms with Crippen LogP contribution >= 0.6 is 0 Å². The van der Waals surface area contributed by atoms with Crippen LogP contribution in [0.4, 0.5) is 8.78 Å². The van der Waals surface area contributed by atoms with Gasteiger partial charge in [-0.3, -0.25) is 0 Å². The molecule has 0 radical (unpaired) electrons. The highest BCUT2D eigenvalue weighted by Crippen LogP contribution is 2.22. The van der Waals surface area contributed by atoms with Crippen molar-refractivity contribution in [1.29, 1.82) is 5.41 Å². The van der Waals surface area contributed by atoms with Crippen LogP contribution in [0, 0.1) is 5.41 Å². The zero-order chi connectivity index (χ0) is 12.8. The van der Waals surface area contributed by atoms with E-state index in [2.05, 4.69) is 5.32 Å². The van der Waals surface area contributed by atoms with Crippen molar-refractivity contribution in [1.82, 2.24) is 5.32 Å². The van der Waals surface area contributed by atoms with E-state index >= 15 is 0 Å². The van der Waals surface area contributed by atoms with Crippen molar-refractivity contribution in [3.8, 4) is 0 Å². The van der Waals surface area contributed by atoms with Gasteiger partial charge in [0.1, 0.15) is 5.83 Å². The van der Waals surface area contributed by atoms with Gasteiger partial charge in [0.2, 0.25) is 0 Å². The molecule has 0 heterocycles. The molecule has 0 aliphatic heterocycles. The third-order valence-electron chi connectivity index (χ3n) is 1.91. The molecule has 0 bridgehead atoms. The Bertz CT molecular complexity index is 303. The number of aliphatic carboxylic acids is 1. The molecule has 1 unspecified atom stereocenters. The van der Waals surface area contributed by atoms with Crippen molar-refractivity contribution < 1.29 is 18.7 Å². The monoisotopic (exact) mass is 235 g/mol. The fourth-order valence-electron chi connectivity index (χ4n) is 0.858. The van der Waals surface area contributed by atoms with Crippen LogP contribution in [0.3, 0.4) is 0 Å². The van der Waals surface area contributed by atoms with Gasteiger partial charge >= 0.3 is 5.97 Å². The number of rotatable bonds is 7. The number of halogens is 2. The van der Waals surface area contributed by atoms with Gasteiger partial charge in [-0.25, -0.2) is 13.6 Å². The standard InChI is InChI=1S/C9H15F2N3O2/c1-9(13,8(15)16)7(11)6(10)2-4-14-5-3-12/h3,12,14H,2,4-5,13H2,1H3,(H,15,16)/b7-6+,12-3?. The molecular formula is C9H15F2N3O2. The lowest BCUT2D eigenvalue weighted by Crippen LogP contribution is -2.46. The Kier molecular flexibility index (Phi) is 5.76. The number of carbonyl (C=O) groups is 1. The first kappa shape index (κ1) is 14.7. The summed E-state index contributed by atoms with van der Waals surface area (Å²) in [4.78, 5) is 10.5. The van der Waals surface area contributed by atoms with Gasteiger partial charge < -0.3 is 21.6 Å². The third kappa shape index (κ3) is 4.03. The van der Waals surface area contributed by atoms with Gasteiger partial charge in [0, 0.05) is 25.7 Å². The van der Waals surface area contributed by atoms with E-state index in [9.17, 15) is 13.6 Å². The van der Waals surface area contributed by atoms with Gasteiger partial charge in [-0.05, 0) is 6.92 Å². The smallest absolute Gasteiger partial charge is 0.330 e. The largest absolute Gasteiger partial charge is 0.480 e. The topological polar surface area (TPSA) is 99.2 Å². The minimum Gasteiger partial charge on any atom is -0.480 e. The van der Waals surface area contributed by atoms with Crippen LogP contribution in [-0.2, 0) is 4.79 Å². The highest BCUT2D eigenvalue weighted by atomic mass is 19.2. The molecule has 0 saturated carbocycles. The van der Waals surface area contributed by atoms with Gasteiger partial charge in [0.25, 0.3) is 0 Å². The maximum Gasteiger partial charge on any atom is 0.330 e. The van der Waals surface area contributed by atoms with Crippen LogP contribution in [0.5, 0.6) is 0 Å². The summed E-state index contributed by atoms with van der Waals surface area (Å²) in [5.41, 5.74) is 2.76. The molecule has 0 fully saturated rings. The summed E-state index contributed by atoms with van der Waals surface area (Å²) in [7, 11) is 0. The zero-order valence-electron chi connectivity index (χ0n) is 8.89. The summed E-state index contributed by atoms with van der Waals surface area (Å²) < 4.78 is 26.4. The molecule has 0 saturated heterocycles. The van der Waals surface area contributed by atoms with E-state index in [-0.39, 0.29) is 19.5 Å². The van der Waals surface area contributed by atoms with E-state index in [1.54, 1.807) is 0 Å². The van der Waals surface area contributed by atoms with E-state index in [1.165, 1.54) is 0 Å². The highest BCUT2D eigenvalue weighted by molar-refractivity contribution is 5.81. The maximum atomic E-state index is 13.3. The number of hydrogen-bond donors (Lipinski definition) is 4. The van der Waals surface area contributed by atoms with E-state index in [4.69, 9.17) is 16.2 Å². The van der Waals surface area contributed by atoms with E-state index in [0.717, 1.165) is 13.1 Å². The lowest BCUT2D eigenvalue weighted by atomic mass is 10.0. The Balaban J connectivity index is 4.46. The summed E-state index contributed by atoms with van der Waals surface area (Å²) in [6.45, 7) is 1.23. The van der Waals surface area contributed by atoms with Crippen LogP contribution in [0.25, 0.3) is 0 Å². The molecule has 1 atom stereocenters. The van der Waals surface area contributed by atoms with Crippen molar-refractivity contribution in [2.45, 2.75) is 18.9 Å². The van der Waals surface area contributed by atoms with Gasteiger partial charge in [-0.1, -0.05) is 0 Å². The molecule has 0 aromatic heterocycles. The third-order valence-corrected chi connectivity index (χ3v) is 1.91. The Morgan fingerprint density at radius 2 is 2.19 bits per heavy atom. The second-order valence-electron chi connectivity index (χ2n) is 3.38. The molecular weight excluding hydrogens is 220 g/mol. The first-order valence-electron chi connectivity index (χ1n) is 4.60. The van der Waals surface area contributed by atoms with Gasteiger partial charge in [-0.2, -0.15) is 0 Å². The molecule has 0 amide bonds. The van der Waals surface area contributed by atoms with Gasteiger partial charge in [0.05, 0.1) is 0 Å². The first-order valence-corrected chi connectivity index (χ1v) is 4.60. The first-order chi connectivity index (χ1) is 7.34. The Morgan fingerprint density at radius 1 is 1.62 bits per heavy atom. The quantitative estimate of drug-likeness (QED) is 0.383. The molecule has 92 valence electrons. The van der Waals surface area contributed by atoms with E-state index < -0.39 is 23.2 Å². The SMILES string of the molecule is CC(N)(C(=O)O)/C(F)=C(\F)CCNCC=N. The van der Waals surface area contributed by atoms with E-state index in [1.807, 2.05) is 0 Å². The maximum absolute atomic E-state index is 13.3. The van der Waals surface area contributed by atoms with Crippen molar-refractivity contribution in [3.05, 3.63) is 11.7 Å². The molecule has 5 N–H and O–H groups in total. The average Bonchev–Trinajstić information content (AvgIpc) is 2.22. The molecule has 16 heavy (non-hydrogen) atoms. The fraction of sp³-hybridized carbons (Fsp3) is 0.556. The van der Waals surface area contributed by atoms with Gasteiger partial charge in [-0.15, -0.1) is 0 Å². The Morgan fingerprint density at radius 3 is 2.62 bits per heavy atom. The van der Waals surface area contributed by atoms with Crippen LogP contribution in [0.2, 0.25) is 0 Å². The summed E-state index contributed by atoms with van der Waals surface area (Å²) in [5, 5.41) is 17.9. The predicted molar refractivity (Wildman–Crippen MR) is 55.7 cm³/mol. The molecule has 0 aliphatic carbocycles. The molecule has 0 aromatic rings. The van der Waals surface area contributed by atoms with E-state index in [0.29, 0.717) is 0 Å². The number of nitrogens with two attached hydrogens (primary N) is 1. The molecule has 5 nitrogen and oxygen atoms in total. The molecule has 0 aromatic carbocycles. The fourth-order valence-corrected chi connectivity index (χ4v) is 0.858. The Hall–Kier alpha value is -1.34. The predicted octanol–water partition coefficient (Wildman–Crippen LogP) is 0.568. The number of carboxylic acids is 1. The summed E-state index contributed by atoms with van der Waals surface area (Å²) >= 11 is 0. The summed E-state index contributed by atoms with van der Waals surface area (Å²) in [6.07, 6.45) is 0.766. The second kappa shape index (κ2) is 6.29. The lowest BCUT2D eigenvalue weighted by Gasteiger charge is -2.17. The van der Waals surface area contributed by atoms with Crippen LogP contribution in [0.15, 0.2) is 11.7 Å². The van der Waals surface area contributed by atoms with Crippen LogP contribution in [-0.4, -0.2) is 35.9 Å². The van der Waals surface area contributed by atoms with Crippen molar-refractivity contribution in [2.24, 2.45) is 5.73 Å². The highest BCUT2D eigenvalue weighted by Gasteiger charge is 2.36. The molecule has 7 heteroatoms. The number of hydrogen-bond acceptors (Lipinski definition) is 4. The van der Waals surface area contributed by atoms with Crippen molar-refractivity contribution >= 4 is 12.2 Å². The summed E-state index contributed by atoms with van der Waals surface area (Å²) in [5.74, 6) is -4.30. The lowest BCUT2D eigenvalue weighted by molar-refractivity contribution is -0.141. The van der Waals surface area contributed by atoms with Crippen LogP contribution < -0.4 is 11.1 Å². The van der Waals surface area contributed by atoms with Crippen LogP contribution in [0.1, 0.15) is 13.3 Å².